The van der Waals surface area contributed by atoms with Gasteiger partial charge in [-0.3, -0.25) is 4.90 Å². The van der Waals surface area contributed by atoms with Crippen molar-refractivity contribution in [2.75, 3.05) is 39.5 Å². The van der Waals surface area contributed by atoms with Crippen LogP contribution in [-0.2, 0) is 11.2 Å². The second kappa shape index (κ2) is 6.29. The maximum absolute atomic E-state index is 5.54. The minimum absolute atomic E-state index is 0.704. The predicted octanol–water partition coefficient (Wildman–Crippen LogP) is 2.44. The molecule has 0 saturated carbocycles. The van der Waals surface area contributed by atoms with E-state index in [2.05, 4.69) is 34.3 Å². The SMILES string of the molecule is CCOc1ccc2c(CCN3CCOCC3)c[nH]c2c1. The van der Waals surface area contributed by atoms with Crippen LogP contribution in [0.15, 0.2) is 24.4 Å². The molecule has 1 fully saturated rings. The summed E-state index contributed by atoms with van der Waals surface area (Å²) in [6.45, 7) is 7.65. The lowest BCUT2D eigenvalue weighted by Crippen LogP contribution is -2.37. The molecule has 0 radical (unpaired) electrons. The van der Waals surface area contributed by atoms with Crippen LogP contribution in [0.4, 0.5) is 0 Å². The van der Waals surface area contributed by atoms with Crippen molar-refractivity contribution in [3.63, 3.8) is 0 Å². The molecule has 4 nitrogen and oxygen atoms in total. The van der Waals surface area contributed by atoms with Gasteiger partial charge in [0.25, 0.3) is 0 Å². The van der Waals surface area contributed by atoms with Gasteiger partial charge in [-0.15, -0.1) is 0 Å². The number of hydrogen-bond acceptors (Lipinski definition) is 3. The molecule has 1 aromatic carbocycles. The lowest BCUT2D eigenvalue weighted by molar-refractivity contribution is 0.0385. The van der Waals surface area contributed by atoms with Crippen LogP contribution in [0.3, 0.4) is 0 Å². The highest BCUT2D eigenvalue weighted by molar-refractivity contribution is 5.84. The quantitative estimate of drug-likeness (QED) is 0.910. The summed E-state index contributed by atoms with van der Waals surface area (Å²) in [5.74, 6) is 0.932. The lowest BCUT2D eigenvalue weighted by Gasteiger charge is -2.26. The first-order valence-corrected chi connectivity index (χ1v) is 7.39. The van der Waals surface area contributed by atoms with Gasteiger partial charge in [0.2, 0.25) is 0 Å². The van der Waals surface area contributed by atoms with Crippen molar-refractivity contribution in [3.05, 3.63) is 30.0 Å². The van der Waals surface area contributed by atoms with E-state index in [1.54, 1.807) is 0 Å². The molecule has 0 atom stereocenters. The molecule has 1 aliphatic rings. The number of H-pyrrole nitrogens is 1. The summed E-state index contributed by atoms with van der Waals surface area (Å²) in [6.07, 6.45) is 3.20. The first-order valence-electron chi connectivity index (χ1n) is 7.39. The van der Waals surface area contributed by atoms with Crippen molar-refractivity contribution in [2.24, 2.45) is 0 Å². The number of hydrogen-bond donors (Lipinski definition) is 1. The van der Waals surface area contributed by atoms with Gasteiger partial charge in [0.05, 0.1) is 19.8 Å². The van der Waals surface area contributed by atoms with Gasteiger partial charge in [0.1, 0.15) is 5.75 Å². The molecule has 1 aliphatic heterocycles. The van der Waals surface area contributed by atoms with Crippen LogP contribution in [0, 0.1) is 0 Å². The summed E-state index contributed by atoms with van der Waals surface area (Å²) < 4.78 is 10.9. The molecule has 4 heteroatoms. The van der Waals surface area contributed by atoms with Gasteiger partial charge >= 0.3 is 0 Å². The summed E-state index contributed by atoms with van der Waals surface area (Å²) in [6, 6.07) is 6.29. The Hall–Kier alpha value is -1.52. The minimum atomic E-state index is 0.704. The molecule has 3 rings (SSSR count). The van der Waals surface area contributed by atoms with E-state index in [4.69, 9.17) is 9.47 Å². The maximum Gasteiger partial charge on any atom is 0.121 e. The van der Waals surface area contributed by atoms with Crippen LogP contribution in [0.5, 0.6) is 5.75 Å². The van der Waals surface area contributed by atoms with Crippen molar-refractivity contribution in [2.45, 2.75) is 13.3 Å². The Kier molecular flexibility index (Phi) is 4.23. The van der Waals surface area contributed by atoms with Gasteiger partial charge in [-0.05, 0) is 31.0 Å². The zero-order valence-electron chi connectivity index (χ0n) is 12.0. The molecule has 108 valence electrons. The van der Waals surface area contributed by atoms with Crippen molar-refractivity contribution < 1.29 is 9.47 Å². The highest BCUT2D eigenvalue weighted by Crippen LogP contribution is 2.24. The van der Waals surface area contributed by atoms with Gasteiger partial charge in [0, 0.05) is 42.8 Å². The Morgan fingerprint density at radius 3 is 2.95 bits per heavy atom. The third-order valence-corrected chi connectivity index (χ3v) is 3.85. The van der Waals surface area contributed by atoms with E-state index >= 15 is 0 Å². The standard InChI is InChI=1S/C16H22N2O2/c1-2-20-14-3-4-15-13(12-17-16(15)11-14)5-6-18-7-9-19-10-8-18/h3-4,11-12,17H,2,5-10H2,1H3. The van der Waals surface area contributed by atoms with E-state index in [9.17, 15) is 0 Å². The zero-order chi connectivity index (χ0) is 13.8. The number of rotatable bonds is 5. The number of aromatic nitrogens is 1. The molecular formula is C16H22N2O2. The van der Waals surface area contributed by atoms with E-state index in [1.807, 2.05) is 6.92 Å². The number of ether oxygens (including phenoxy) is 2. The van der Waals surface area contributed by atoms with Gasteiger partial charge in [-0.1, -0.05) is 0 Å². The zero-order valence-corrected chi connectivity index (χ0v) is 12.0. The molecule has 1 saturated heterocycles. The molecule has 0 aliphatic carbocycles. The number of fused-ring (bicyclic) bond motifs is 1. The van der Waals surface area contributed by atoms with Gasteiger partial charge < -0.3 is 14.5 Å². The number of nitrogens with zero attached hydrogens (tertiary/aromatic N) is 1. The predicted molar refractivity (Wildman–Crippen MR) is 80.4 cm³/mol. The monoisotopic (exact) mass is 274 g/mol. The van der Waals surface area contributed by atoms with Crippen LogP contribution in [-0.4, -0.2) is 49.3 Å². The lowest BCUT2D eigenvalue weighted by atomic mass is 10.1. The highest BCUT2D eigenvalue weighted by Gasteiger charge is 2.11. The van der Waals surface area contributed by atoms with E-state index in [-0.39, 0.29) is 0 Å². The summed E-state index contributed by atoms with van der Waals surface area (Å²) in [5, 5.41) is 1.31. The second-order valence-corrected chi connectivity index (χ2v) is 5.16. The van der Waals surface area contributed by atoms with E-state index in [1.165, 1.54) is 10.9 Å². The Morgan fingerprint density at radius 2 is 2.15 bits per heavy atom. The number of morpholine rings is 1. The van der Waals surface area contributed by atoms with Gasteiger partial charge in [-0.25, -0.2) is 0 Å². The third-order valence-electron chi connectivity index (χ3n) is 3.85. The maximum atomic E-state index is 5.54. The molecule has 2 aromatic rings. The van der Waals surface area contributed by atoms with Gasteiger partial charge in [-0.2, -0.15) is 0 Å². The fraction of sp³-hybridized carbons (Fsp3) is 0.500. The van der Waals surface area contributed by atoms with Crippen LogP contribution in [0.25, 0.3) is 10.9 Å². The molecule has 2 heterocycles. The fourth-order valence-corrected chi connectivity index (χ4v) is 2.73. The summed E-state index contributed by atoms with van der Waals surface area (Å²) in [4.78, 5) is 5.82. The van der Waals surface area contributed by atoms with Crippen molar-refractivity contribution in [1.29, 1.82) is 0 Å². The smallest absolute Gasteiger partial charge is 0.121 e. The molecule has 1 N–H and O–H groups in total. The molecule has 1 aromatic heterocycles. The molecule has 0 bridgehead atoms. The molecule has 0 unspecified atom stereocenters. The van der Waals surface area contributed by atoms with Crippen LogP contribution in [0.1, 0.15) is 12.5 Å². The first-order chi connectivity index (χ1) is 9.86. The van der Waals surface area contributed by atoms with E-state index < -0.39 is 0 Å². The topological polar surface area (TPSA) is 37.5 Å². The number of aromatic amines is 1. The van der Waals surface area contributed by atoms with Crippen molar-refractivity contribution in [1.82, 2.24) is 9.88 Å². The average Bonchev–Trinajstić information content (AvgIpc) is 2.89. The molecular weight excluding hydrogens is 252 g/mol. The fourth-order valence-electron chi connectivity index (χ4n) is 2.73. The number of benzene rings is 1. The van der Waals surface area contributed by atoms with E-state index in [0.717, 1.165) is 50.5 Å². The van der Waals surface area contributed by atoms with E-state index in [0.29, 0.717) is 6.61 Å². The summed E-state index contributed by atoms with van der Waals surface area (Å²) in [7, 11) is 0. The second-order valence-electron chi connectivity index (χ2n) is 5.16. The molecule has 0 spiro atoms. The minimum Gasteiger partial charge on any atom is -0.494 e. The normalized spacial score (nSPS) is 16.6. The first kappa shape index (κ1) is 13.5. The molecule has 20 heavy (non-hydrogen) atoms. The largest absolute Gasteiger partial charge is 0.494 e. The summed E-state index contributed by atoms with van der Waals surface area (Å²) >= 11 is 0. The average molecular weight is 274 g/mol. The van der Waals surface area contributed by atoms with Crippen LogP contribution >= 0.6 is 0 Å². The Morgan fingerprint density at radius 1 is 1.30 bits per heavy atom. The van der Waals surface area contributed by atoms with Crippen LogP contribution in [0.2, 0.25) is 0 Å². The number of nitrogens with one attached hydrogen (secondary N) is 1. The van der Waals surface area contributed by atoms with Crippen molar-refractivity contribution in [3.8, 4) is 5.75 Å². The van der Waals surface area contributed by atoms with Crippen molar-refractivity contribution >= 4 is 10.9 Å². The summed E-state index contributed by atoms with van der Waals surface area (Å²) in [5.41, 5.74) is 2.54. The highest BCUT2D eigenvalue weighted by atomic mass is 16.5. The third kappa shape index (κ3) is 2.97. The van der Waals surface area contributed by atoms with Gasteiger partial charge in [0.15, 0.2) is 0 Å². The Balaban J connectivity index is 1.68. The van der Waals surface area contributed by atoms with Crippen LogP contribution < -0.4 is 4.74 Å². The Bertz CT molecular complexity index is 559. The molecule has 0 amide bonds. The Labute approximate surface area is 119 Å².